The van der Waals surface area contributed by atoms with Crippen molar-refractivity contribution in [2.45, 2.75) is 6.92 Å². The van der Waals surface area contributed by atoms with E-state index in [1.165, 1.54) is 12.1 Å². The Morgan fingerprint density at radius 3 is 2.32 bits per heavy atom. The number of benzene rings is 2. The summed E-state index contributed by atoms with van der Waals surface area (Å²) in [7, 11) is 0. The third-order valence-corrected chi connectivity index (χ3v) is 2.82. The lowest BCUT2D eigenvalue weighted by Crippen LogP contribution is -1.99. The highest BCUT2D eigenvalue weighted by molar-refractivity contribution is 5.57. The molecule has 0 aliphatic heterocycles. The van der Waals surface area contributed by atoms with Crippen molar-refractivity contribution in [1.82, 2.24) is 14.8 Å². The van der Waals surface area contributed by atoms with Crippen molar-refractivity contribution >= 4 is 0 Å². The predicted molar refractivity (Wildman–Crippen MR) is 71.5 cm³/mol. The lowest BCUT2D eigenvalue weighted by Gasteiger charge is -2.05. The SMILES string of the molecule is Cc1nc(-c2ccc(F)cc2)n(-c2ccccc2)n1. The summed E-state index contributed by atoms with van der Waals surface area (Å²) in [6, 6.07) is 16.0. The van der Waals surface area contributed by atoms with Gasteiger partial charge in [-0.05, 0) is 43.3 Å². The van der Waals surface area contributed by atoms with Crippen LogP contribution in [-0.4, -0.2) is 14.8 Å². The van der Waals surface area contributed by atoms with E-state index >= 15 is 0 Å². The van der Waals surface area contributed by atoms with Gasteiger partial charge in [-0.3, -0.25) is 0 Å². The molecular formula is C15H12FN3. The van der Waals surface area contributed by atoms with Crippen LogP contribution in [-0.2, 0) is 0 Å². The minimum atomic E-state index is -0.258. The summed E-state index contributed by atoms with van der Waals surface area (Å²) in [5, 5.41) is 4.39. The molecule has 3 nitrogen and oxygen atoms in total. The number of aromatic nitrogens is 3. The minimum absolute atomic E-state index is 0.258. The molecule has 4 heteroatoms. The molecule has 1 aromatic heterocycles. The first-order valence-corrected chi connectivity index (χ1v) is 5.99. The third-order valence-electron chi connectivity index (χ3n) is 2.82. The van der Waals surface area contributed by atoms with Crippen LogP contribution in [0.25, 0.3) is 17.1 Å². The van der Waals surface area contributed by atoms with E-state index in [1.807, 2.05) is 37.3 Å². The van der Waals surface area contributed by atoms with Crippen molar-refractivity contribution < 1.29 is 4.39 Å². The zero-order valence-corrected chi connectivity index (χ0v) is 10.4. The second-order valence-corrected chi connectivity index (χ2v) is 4.24. The second-order valence-electron chi connectivity index (χ2n) is 4.24. The van der Waals surface area contributed by atoms with Gasteiger partial charge >= 0.3 is 0 Å². The van der Waals surface area contributed by atoms with Gasteiger partial charge in [0, 0.05) is 5.56 Å². The number of rotatable bonds is 2. The summed E-state index contributed by atoms with van der Waals surface area (Å²) in [4.78, 5) is 4.42. The molecule has 0 aliphatic rings. The fourth-order valence-electron chi connectivity index (χ4n) is 1.95. The Morgan fingerprint density at radius 2 is 1.63 bits per heavy atom. The number of nitrogens with zero attached hydrogens (tertiary/aromatic N) is 3. The van der Waals surface area contributed by atoms with Crippen LogP contribution in [0.2, 0.25) is 0 Å². The molecule has 94 valence electrons. The zero-order chi connectivity index (χ0) is 13.2. The van der Waals surface area contributed by atoms with Crippen LogP contribution >= 0.6 is 0 Å². The molecule has 0 aliphatic carbocycles. The van der Waals surface area contributed by atoms with Gasteiger partial charge in [0.15, 0.2) is 5.82 Å². The van der Waals surface area contributed by atoms with Gasteiger partial charge < -0.3 is 0 Å². The highest BCUT2D eigenvalue weighted by Gasteiger charge is 2.11. The first-order chi connectivity index (χ1) is 9.24. The predicted octanol–water partition coefficient (Wildman–Crippen LogP) is 3.38. The Morgan fingerprint density at radius 1 is 0.947 bits per heavy atom. The molecule has 0 radical (unpaired) electrons. The van der Waals surface area contributed by atoms with Crippen LogP contribution < -0.4 is 0 Å². The molecule has 3 aromatic rings. The van der Waals surface area contributed by atoms with E-state index in [1.54, 1.807) is 16.8 Å². The maximum absolute atomic E-state index is 13.0. The van der Waals surface area contributed by atoms with Gasteiger partial charge in [-0.2, -0.15) is 5.10 Å². The van der Waals surface area contributed by atoms with Crippen LogP contribution in [0.3, 0.4) is 0 Å². The average molecular weight is 253 g/mol. The quantitative estimate of drug-likeness (QED) is 0.701. The Balaban J connectivity index is 2.15. The van der Waals surface area contributed by atoms with Gasteiger partial charge in [-0.15, -0.1) is 0 Å². The van der Waals surface area contributed by atoms with Crippen molar-refractivity contribution in [3.63, 3.8) is 0 Å². The molecule has 0 bridgehead atoms. The number of hydrogen-bond acceptors (Lipinski definition) is 2. The number of halogens is 1. The summed E-state index contributed by atoms with van der Waals surface area (Å²) in [5.41, 5.74) is 1.77. The molecule has 3 rings (SSSR count). The van der Waals surface area contributed by atoms with Gasteiger partial charge in [0.25, 0.3) is 0 Å². The monoisotopic (exact) mass is 253 g/mol. The van der Waals surface area contributed by atoms with Crippen LogP contribution in [0.1, 0.15) is 5.82 Å². The van der Waals surface area contributed by atoms with E-state index in [2.05, 4.69) is 10.1 Å². The van der Waals surface area contributed by atoms with E-state index in [0.717, 1.165) is 11.3 Å². The second kappa shape index (κ2) is 4.65. The van der Waals surface area contributed by atoms with Crippen LogP contribution in [0.15, 0.2) is 54.6 Å². The summed E-state index contributed by atoms with van der Waals surface area (Å²) < 4.78 is 14.8. The normalized spacial score (nSPS) is 10.6. The van der Waals surface area contributed by atoms with Crippen LogP contribution in [0, 0.1) is 12.7 Å². The molecule has 0 N–H and O–H groups in total. The maximum atomic E-state index is 13.0. The molecule has 0 amide bonds. The Bertz CT molecular complexity index is 687. The largest absolute Gasteiger partial charge is 0.213 e. The van der Waals surface area contributed by atoms with Crippen molar-refractivity contribution in [2.75, 3.05) is 0 Å². The minimum Gasteiger partial charge on any atom is -0.213 e. The standard InChI is InChI=1S/C15H12FN3/c1-11-17-15(12-7-9-13(16)10-8-12)19(18-11)14-5-3-2-4-6-14/h2-10H,1H3. The van der Waals surface area contributed by atoms with Gasteiger partial charge in [0.1, 0.15) is 11.6 Å². The molecule has 0 saturated heterocycles. The topological polar surface area (TPSA) is 30.7 Å². The van der Waals surface area contributed by atoms with E-state index in [0.29, 0.717) is 11.6 Å². The van der Waals surface area contributed by atoms with E-state index < -0.39 is 0 Å². The Kier molecular flexibility index (Phi) is 2.83. The Labute approximate surface area is 110 Å². The molecule has 1 heterocycles. The molecular weight excluding hydrogens is 241 g/mol. The molecule has 0 spiro atoms. The zero-order valence-electron chi connectivity index (χ0n) is 10.4. The van der Waals surface area contributed by atoms with Crippen LogP contribution in [0.5, 0.6) is 0 Å². The summed E-state index contributed by atoms with van der Waals surface area (Å²) in [6.07, 6.45) is 0. The van der Waals surface area contributed by atoms with E-state index in [9.17, 15) is 4.39 Å². The average Bonchev–Trinajstić information content (AvgIpc) is 2.83. The van der Waals surface area contributed by atoms with Crippen molar-refractivity contribution in [1.29, 1.82) is 0 Å². The molecule has 0 saturated carbocycles. The van der Waals surface area contributed by atoms with Crippen molar-refractivity contribution in [3.05, 3.63) is 66.2 Å². The van der Waals surface area contributed by atoms with Crippen molar-refractivity contribution in [3.8, 4) is 17.1 Å². The van der Waals surface area contributed by atoms with Gasteiger partial charge in [-0.25, -0.2) is 14.1 Å². The van der Waals surface area contributed by atoms with Gasteiger partial charge in [-0.1, -0.05) is 18.2 Å². The number of aryl methyl sites for hydroxylation is 1. The van der Waals surface area contributed by atoms with Crippen molar-refractivity contribution in [2.24, 2.45) is 0 Å². The fourth-order valence-corrected chi connectivity index (χ4v) is 1.95. The molecule has 2 aromatic carbocycles. The van der Waals surface area contributed by atoms with Crippen LogP contribution in [0.4, 0.5) is 4.39 Å². The molecule has 0 fully saturated rings. The number of hydrogen-bond donors (Lipinski definition) is 0. The summed E-state index contributed by atoms with van der Waals surface area (Å²) in [5.74, 6) is 1.14. The Hall–Kier alpha value is -2.49. The first-order valence-electron chi connectivity index (χ1n) is 5.99. The lowest BCUT2D eigenvalue weighted by molar-refractivity contribution is 0.628. The lowest BCUT2D eigenvalue weighted by atomic mass is 10.2. The maximum Gasteiger partial charge on any atom is 0.163 e. The summed E-state index contributed by atoms with van der Waals surface area (Å²) in [6.45, 7) is 1.84. The molecule has 0 unspecified atom stereocenters. The van der Waals surface area contributed by atoms with E-state index in [-0.39, 0.29) is 5.82 Å². The number of para-hydroxylation sites is 1. The fraction of sp³-hybridized carbons (Fsp3) is 0.0667. The third kappa shape index (κ3) is 2.25. The smallest absolute Gasteiger partial charge is 0.163 e. The highest BCUT2D eigenvalue weighted by Crippen LogP contribution is 2.21. The van der Waals surface area contributed by atoms with Gasteiger partial charge in [0.2, 0.25) is 0 Å². The first kappa shape index (κ1) is 11.6. The molecule has 0 atom stereocenters. The van der Waals surface area contributed by atoms with Gasteiger partial charge in [0.05, 0.1) is 5.69 Å². The highest BCUT2D eigenvalue weighted by atomic mass is 19.1. The van der Waals surface area contributed by atoms with E-state index in [4.69, 9.17) is 0 Å². The molecule has 19 heavy (non-hydrogen) atoms. The summed E-state index contributed by atoms with van der Waals surface area (Å²) >= 11 is 0.